The molecule has 3 nitrogen and oxygen atoms in total. The van der Waals surface area contributed by atoms with Crippen molar-refractivity contribution < 1.29 is 9.53 Å². The van der Waals surface area contributed by atoms with Crippen molar-refractivity contribution in [3.05, 3.63) is 12.2 Å². The molecule has 1 fully saturated rings. The highest BCUT2D eigenvalue weighted by molar-refractivity contribution is 5.69. The largest absolute Gasteiger partial charge is 0.444 e. The Labute approximate surface area is 105 Å². The molecule has 1 heterocycles. The molecular weight excluding hydrogens is 214 g/mol. The Morgan fingerprint density at radius 1 is 1.41 bits per heavy atom. The second-order valence-electron chi connectivity index (χ2n) is 5.70. The Balaban J connectivity index is 2.71. The predicted octanol–water partition coefficient (Wildman–Crippen LogP) is 3.74. The van der Waals surface area contributed by atoms with Crippen LogP contribution in [-0.4, -0.2) is 29.2 Å². The summed E-state index contributed by atoms with van der Waals surface area (Å²) in [5.41, 5.74) is 0.711. The number of likely N-dealkylation sites (tertiary alicyclic amines) is 1. The average Bonchev–Trinajstić information content (AvgIpc) is 2.25. The van der Waals surface area contributed by atoms with Gasteiger partial charge in [0.15, 0.2) is 0 Å². The highest BCUT2D eigenvalue weighted by Crippen LogP contribution is 2.25. The minimum atomic E-state index is -0.424. The van der Waals surface area contributed by atoms with E-state index in [0.29, 0.717) is 0 Å². The first-order chi connectivity index (χ1) is 7.85. The van der Waals surface area contributed by atoms with Gasteiger partial charge in [0, 0.05) is 6.54 Å². The van der Waals surface area contributed by atoms with E-state index in [1.165, 1.54) is 6.42 Å². The van der Waals surface area contributed by atoms with Crippen molar-refractivity contribution in [1.82, 2.24) is 4.90 Å². The normalized spacial score (nSPS) is 21.2. The number of rotatable bonds is 2. The Hall–Kier alpha value is -0.990. The summed E-state index contributed by atoms with van der Waals surface area (Å²) in [5.74, 6) is 0. The van der Waals surface area contributed by atoms with Gasteiger partial charge >= 0.3 is 6.09 Å². The van der Waals surface area contributed by atoms with Crippen molar-refractivity contribution in [3.8, 4) is 0 Å². The molecule has 0 bridgehead atoms. The topological polar surface area (TPSA) is 29.5 Å². The number of carbonyl (C=O) groups excluding carboxylic acids is 1. The summed E-state index contributed by atoms with van der Waals surface area (Å²) in [5, 5.41) is 0. The minimum absolute atomic E-state index is 0.170. The molecule has 0 saturated carbocycles. The molecular formula is C14H25NO2. The molecule has 1 aliphatic heterocycles. The molecule has 0 aromatic carbocycles. The summed E-state index contributed by atoms with van der Waals surface area (Å²) in [6.07, 6.45) is 3.97. The number of ether oxygens (including phenoxy) is 1. The summed E-state index contributed by atoms with van der Waals surface area (Å²) in [4.78, 5) is 14.0. The van der Waals surface area contributed by atoms with Crippen molar-refractivity contribution in [2.45, 2.75) is 65.0 Å². The van der Waals surface area contributed by atoms with Gasteiger partial charge in [0.2, 0.25) is 0 Å². The lowest BCUT2D eigenvalue weighted by molar-refractivity contribution is 0.0136. The Bertz CT molecular complexity index is 291. The van der Waals surface area contributed by atoms with Crippen LogP contribution in [0.5, 0.6) is 0 Å². The SMILES string of the molecule is C=C(CC)C1CCCCN1C(=O)OC(C)(C)C. The van der Waals surface area contributed by atoms with Gasteiger partial charge in [-0.25, -0.2) is 4.79 Å². The maximum absolute atomic E-state index is 12.1. The van der Waals surface area contributed by atoms with Crippen LogP contribution in [0.1, 0.15) is 53.4 Å². The Kier molecular flexibility index (Phi) is 4.61. The molecule has 3 heteroatoms. The first kappa shape index (κ1) is 14.1. The van der Waals surface area contributed by atoms with Gasteiger partial charge in [-0.3, -0.25) is 0 Å². The van der Waals surface area contributed by atoms with Gasteiger partial charge in [0.25, 0.3) is 0 Å². The van der Waals surface area contributed by atoms with E-state index >= 15 is 0 Å². The molecule has 98 valence electrons. The molecule has 0 aromatic heterocycles. The zero-order chi connectivity index (χ0) is 13.1. The molecule has 0 aliphatic carbocycles. The smallest absolute Gasteiger partial charge is 0.410 e. The molecule has 1 atom stereocenters. The van der Waals surface area contributed by atoms with Crippen LogP contribution in [0.4, 0.5) is 4.79 Å². The van der Waals surface area contributed by atoms with E-state index in [0.717, 1.165) is 31.4 Å². The van der Waals surface area contributed by atoms with Crippen molar-refractivity contribution in [2.75, 3.05) is 6.54 Å². The van der Waals surface area contributed by atoms with Crippen molar-refractivity contribution >= 4 is 6.09 Å². The minimum Gasteiger partial charge on any atom is -0.444 e. The summed E-state index contributed by atoms with van der Waals surface area (Å²) in [6, 6.07) is 0.170. The number of piperidine rings is 1. The fourth-order valence-electron chi connectivity index (χ4n) is 2.13. The highest BCUT2D eigenvalue weighted by atomic mass is 16.6. The third-order valence-electron chi connectivity index (χ3n) is 3.06. The zero-order valence-corrected chi connectivity index (χ0v) is 11.6. The molecule has 0 spiro atoms. The fourth-order valence-corrected chi connectivity index (χ4v) is 2.13. The summed E-state index contributed by atoms with van der Waals surface area (Å²) in [7, 11) is 0. The predicted molar refractivity (Wildman–Crippen MR) is 70.0 cm³/mol. The van der Waals surface area contributed by atoms with E-state index in [1.54, 1.807) is 0 Å². The standard InChI is InChI=1S/C14H25NO2/c1-6-11(2)12-9-7-8-10-15(12)13(16)17-14(3,4)5/h12H,2,6-10H2,1,3-5H3. The summed E-state index contributed by atoms with van der Waals surface area (Å²) in [6.45, 7) is 12.7. The van der Waals surface area contributed by atoms with Crippen LogP contribution in [0.3, 0.4) is 0 Å². The molecule has 0 radical (unpaired) electrons. The van der Waals surface area contributed by atoms with Crippen molar-refractivity contribution in [2.24, 2.45) is 0 Å². The van der Waals surface area contributed by atoms with E-state index in [-0.39, 0.29) is 12.1 Å². The average molecular weight is 239 g/mol. The number of nitrogens with zero attached hydrogens (tertiary/aromatic N) is 1. The van der Waals surface area contributed by atoms with Crippen LogP contribution in [0, 0.1) is 0 Å². The number of carbonyl (C=O) groups is 1. The van der Waals surface area contributed by atoms with Gasteiger partial charge in [-0.05, 0) is 46.5 Å². The lowest BCUT2D eigenvalue weighted by Crippen LogP contribution is -2.46. The molecule has 1 saturated heterocycles. The van der Waals surface area contributed by atoms with Gasteiger partial charge in [-0.1, -0.05) is 19.1 Å². The third-order valence-corrected chi connectivity index (χ3v) is 3.06. The number of hydrogen-bond acceptors (Lipinski definition) is 2. The van der Waals surface area contributed by atoms with E-state index < -0.39 is 5.60 Å². The molecule has 1 aliphatic rings. The van der Waals surface area contributed by atoms with Gasteiger partial charge in [-0.15, -0.1) is 0 Å². The lowest BCUT2D eigenvalue weighted by Gasteiger charge is -2.37. The molecule has 0 aromatic rings. The monoisotopic (exact) mass is 239 g/mol. The quantitative estimate of drug-likeness (QED) is 0.687. The highest BCUT2D eigenvalue weighted by Gasteiger charge is 2.31. The molecule has 0 N–H and O–H groups in total. The van der Waals surface area contributed by atoms with E-state index in [9.17, 15) is 4.79 Å². The second kappa shape index (κ2) is 5.56. The molecule has 1 rings (SSSR count). The van der Waals surface area contributed by atoms with Crippen LogP contribution in [0.15, 0.2) is 12.2 Å². The van der Waals surface area contributed by atoms with E-state index in [1.807, 2.05) is 25.7 Å². The summed E-state index contributed by atoms with van der Waals surface area (Å²) >= 11 is 0. The lowest BCUT2D eigenvalue weighted by atomic mass is 9.95. The maximum atomic E-state index is 12.1. The van der Waals surface area contributed by atoms with Crippen molar-refractivity contribution in [1.29, 1.82) is 0 Å². The van der Waals surface area contributed by atoms with Gasteiger partial charge in [0.05, 0.1) is 6.04 Å². The van der Waals surface area contributed by atoms with Crippen LogP contribution < -0.4 is 0 Å². The zero-order valence-electron chi connectivity index (χ0n) is 11.6. The Morgan fingerprint density at radius 3 is 2.59 bits per heavy atom. The first-order valence-corrected chi connectivity index (χ1v) is 6.52. The number of hydrogen-bond donors (Lipinski definition) is 0. The molecule has 1 unspecified atom stereocenters. The second-order valence-corrected chi connectivity index (χ2v) is 5.70. The fraction of sp³-hybridized carbons (Fsp3) is 0.786. The number of amides is 1. The van der Waals surface area contributed by atoms with Gasteiger partial charge < -0.3 is 9.64 Å². The van der Waals surface area contributed by atoms with Gasteiger partial charge in [-0.2, -0.15) is 0 Å². The van der Waals surface area contributed by atoms with Gasteiger partial charge in [0.1, 0.15) is 5.60 Å². The van der Waals surface area contributed by atoms with Crippen molar-refractivity contribution in [3.63, 3.8) is 0 Å². The third kappa shape index (κ3) is 4.06. The van der Waals surface area contributed by atoms with Crippen LogP contribution in [0.2, 0.25) is 0 Å². The van der Waals surface area contributed by atoms with E-state index in [4.69, 9.17) is 4.74 Å². The molecule has 17 heavy (non-hydrogen) atoms. The first-order valence-electron chi connectivity index (χ1n) is 6.52. The maximum Gasteiger partial charge on any atom is 0.410 e. The van der Waals surface area contributed by atoms with Crippen LogP contribution >= 0.6 is 0 Å². The van der Waals surface area contributed by atoms with Crippen LogP contribution in [-0.2, 0) is 4.74 Å². The molecule has 1 amide bonds. The van der Waals surface area contributed by atoms with Crippen LogP contribution in [0.25, 0.3) is 0 Å². The Morgan fingerprint density at radius 2 is 2.06 bits per heavy atom. The van der Waals surface area contributed by atoms with E-state index in [2.05, 4.69) is 13.5 Å². The summed E-state index contributed by atoms with van der Waals surface area (Å²) < 4.78 is 5.45.